The first-order valence-electron chi connectivity index (χ1n) is 10.4. The van der Waals surface area contributed by atoms with Gasteiger partial charge in [-0.25, -0.2) is 4.79 Å². The maximum Gasteiger partial charge on any atom is 0.408 e. The number of hydrogen-bond acceptors (Lipinski definition) is 6. The summed E-state index contributed by atoms with van der Waals surface area (Å²) in [5.74, 6) is -2.65. The molecule has 10 heteroatoms. The van der Waals surface area contributed by atoms with Crippen LogP contribution in [0.25, 0.3) is 0 Å². The molecule has 0 fully saturated rings. The van der Waals surface area contributed by atoms with Gasteiger partial charge in [-0.05, 0) is 57.2 Å². The number of aromatic hydroxyl groups is 1. The quantitative estimate of drug-likeness (QED) is 0.362. The van der Waals surface area contributed by atoms with Gasteiger partial charge >= 0.3 is 12.1 Å². The Morgan fingerprint density at radius 1 is 1.00 bits per heavy atom. The SMILES string of the molecule is CC(C)[C@H](NC(=O)[C@H](CCc1ccc(O)cc1)NC(=O)OC(C)(C)C)C(=O)NCC(=O)O. The molecule has 0 radical (unpaired) electrons. The van der Waals surface area contributed by atoms with Crippen molar-refractivity contribution >= 4 is 23.9 Å². The van der Waals surface area contributed by atoms with Crippen molar-refractivity contribution in [1.82, 2.24) is 16.0 Å². The highest BCUT2D eigenvalue weighted by molar-refractivity contribution is 5.92. The summed E-state index contributed by atoms with van der Waals surface area (Å²) in [6.45, 7) is 7.92. The van der Waals surface area contributed by atoms with Crippen molar-refractivity contribution in [3.05, 3.63) is 29.8 Å². The Labute approximate surface area is 187 Å². The molecule has 1 aromatic carbocycles. The van der Waals surface area contributed by atoms with Crippen LogP contribution >= 0.6 is 0 Å². The predicted molar refractivity (Wildman–Crippen MR) is 117 cm³/mol. The van der Waals surface area contributed by atoms with Gasteiger partial charge in [-0.1, -0.05) is 26.0 Å². The molecule has 1 aromatic rings. The standard InChI is InChI=1S/C22H33N3O7/c1-13(2)18(20(30)23-12-17(27)28)25-19(29)16(24-21(31)32-22(3,4)5)11-8-14-6-9-15(26)10-7-14/h6-7,9-10,13,16,18,26H,8,11-12H2,1-5H3,(H,23,30)(H,24,31)(H,25,29)(H,27,28)/t16-,18-/m0/s1. The fourth-order valence-electron chi connectivity index (χ4n) is 2.75. The number of alkyl carbamates (subject to hydrolysis) is 1. The van der Waals surface area contributed by atoms with Gasteiger partial charge in [0.05, 0.1) is 0 Å². The monoisotopic (exact) mass is 451 g/mol. The molecule has 0 heterocycles. The number of phenolic OH excluding ortho intramolecular Hbond substituents is 1. The number of nitrogens with one attached hydrogen (secondary N) is 3. The number of aryl methyl sites for hydroxylation is 1. The van der Waals surface area contributed by atoms with Gasteiger partial charge in [-0.2, -0.15) is 0 Å². The van der Waals surface area contributed by atoms with E-state index in [0.29, 0.717) is 6.42 Å². The van der Waals surface area contributed by atoms with Gasteiger partial charge in [-0.3, -0.25) is 14.4 Å². The number of phenols is 1. The third-order valence-corrected chi connectivity index (χ3v) is 4.33. The van der Waals surface area contributed by atoms with Gasteiger partial charge in [0.1, 0.15) is 30.0 Å². The zero-order chi connectivity index (χ0) is 24.5. The van der Waals surface area contributed by atoms with E-state index in [1.54, 1.807) is 46.8 Å². The number of carbonyl (C=O) groups excluding carboxylic acids is 3. The Morgan fingerprint density at radius 3 is 2.09 bits per heavy atom. The van der Waals surface area contributed by atoms with Crippen molar-refractivity contribution < 1.29 is 34.1 Å². The summed E-state index contributed by atoms with van der Waals surface area (Å²) in [4.78, 5) is 48.3. The summed E-state index contributed by atoms with van der Waals surface area (Å²) >= 11 is 0. The van der Waals surface area contributed by atoms with Crippen LogP contribution < -0.4 is 16.0 Å². The topological polar surface area (TPSA) is 154 Å². The van der Waals surface area contributed by atoms with Crippen molar-refractivity contribution in [2.75, 3.05) is 6.54 Å². The molecule has 178 valence electrons. The average molecular weight is 452 g/mol. The normalized spacial score (nSPS) is 13.1. The molecule has 0 spiro atoms. The number of rotatable bonds is 10. The minimum atomic E-state index is -1.20. The molecule has 5 N–H and O–H groups in total. The lowest BCUT2D eigenvalue weighted by Gasteiger charge is -2.26. The minimum absolute atomic E-state index is 0.113. The van der Waals surface area contributed by atoms with Gasteiger partial charge < -0.3 is 30.9 Å². The molecule has 0 aromatic heterocycles. The van der Waals surface area contributed by atoms with E-state index < -0.39 is 48.1 Å². The number of benzene rings is 1. The second kappa shape index (κ2) is 11.9. The highest BCUT2D eigenvalue weighted by atomic mass is 16.6. The molecule has 0 aliphatic heterocycles. The molecule has 0 bridgehead atoms. The van der Waals surface area contributed by atoms with Crippen molar-refractivity contribution in [2.24, 2.45) is 5.92 Å². The number of aliphatic carboxylic acids is 1. The molecule has 0 aliphatic carbocycles. The number of hydrogen-bond donors (Lipinski definition) is 5. The Balaban J connectivity index is 2.94. The van der Waals surface area contributed by atoms with Crippen LogP contribution in [-0.2, 0) is 25.5 Å². The minimum Gasteiger partial charge on any atom is -0.508 e. The molecule has 0 saturated heterocycles. The molecule has 32 heavy (non-hydrogen) atoms. The number of amides is 3. The summed E-state index contributed by atoms with van der Waals surface area (Å²) in [6, 6.07) is 4.45. The second-order valence-corrected chi connectivity index (χ2v) is 8.75. The molecular weight excluding hydrogens is 418 g/mol. The van der Waals surface area contributed by atoms with E-state index >= 15 is 0 Å². The Kier molecular flexibility index (Phi) is 9.96. The Hall–Kier alpha value is -3.30. The third-order valence-electron chi connectivity index (χ3n) is 4.33. The molecule has 2 atom stereocenters. The van der Waals surface area contributed by atoms with Crippen LogP contribution in [-0.4, -0.2) is 58.3 Å². The van der Waals surface area contributed by atoms with Gasteiger partial charge in [0, 0.05) is 0 Å². The molecule has 3 amide bonds. The zero-order valence-electron chi connectivity index (χ0n) is 19.1. The van der Waals surface area contributed by atoms with Crippen LogP contribution in [0.5, 0.6) is 5.75 Å². The summed E-state index contributed by atoms with van der Waals surface area (Å²) in [5, 5.41) is 25.6. The zero-order valence-corrected chi connectivity index (χ0v) is 19.1. The summed E-state index contributed by atoms with van der Waals surface area (Å²) < 4.78 is 5.24. The van der Waals surface area contributed by atoms with E-state index in [4.69, 9.17) is 9.84 Å². The molecule has 10 nitrogen and oxygen atoms in total. The van der Waals surface area contributed by atoms with Crippen molar-refractivity contribution in [3.8, 4) is 5.75 Å². The average Bonchev–Trinajstić information content (AvgIpc) is 2.66. The molecule has 0 aliphatic rings. The first-order chi connectivity index (χ1) is 14.8. The van der Waals surface area contributed by atoms with E-state index in [-0.39, 0.29) is 18.1 Å². The maximum atomic E-state index is 13.0. The van der Waals surface area contributed by atoms with Gasteiger partial charge in [0.15, 0.2) is 0 Å². The Bertz CT molecular complexity index is 801. The van der Waals surface area contributed by atoms with Crippen LogP contribution in [0.1, 0.15) is 46.6 Å². The van der Waals surface area contributed by atoms with Crippen LogP contribution in [0, 0.1) is 5.92 Å². The summed E-state index contributed by atoms with van der Waals surface area (Å²) in [7, 11) is 0. The molecule has 1 rings (SSSR count). The van der Waals surface area contributed by atoms with Gasteiger partial charge in [0.25, 0.3) is 0 Å². The lowest BCUT2D eigenvalue weighted by molar-refractivity contribution is -0.138. The Morgan fingerprint density at radius 2 is 1.59 bits per heavy atom. The lowest BCUT2D eigenvalue weighted by atomic mass is 10.0. The fraction of sp³-hybridized carbons (Fsp3) is 0.545. The first-order valence-corrected chi connectivity index (χ1v) is 10.4. The molecular formula is C22H33N3O7. The van der Waals surface area contributed by atoms with Crippen LogP contribution in [0.3, 0.4) is 0 Å². The number of ether oxygens (including phenoxy) is 1. The van der Waals surface area contributed by atoms with Gasteiger partial charge in [0.2, 0.25) is 11.8 Å². The number of carbonyl (C=O) groups is 4. The molecule has 0 saturated carbocycles. The first kappa shape index (κ1) is 26.7. The van der Waals surface area contributed by atoms with Crippen LogP contribution in [0.15, 0.2) is 24.3 Å². The second-order valence-electron chi connectivity index (χ2n) is 8.75. The van der Waals surface area contributed by atoms with E-state index in [1.807, 2.05) is 0 Å². The van der Waals surface area contributed by atoms with Crippen molar-refractivity contribution in [1.29, 1.82) is 0 Å². The smallest absolute Gasteiger partial charge is 0.408 e. The fourth-order valence-corrected chi connectivity index (χ4v) is 2.75. The third kappa shape index (κ3) is 10.1. The van der Waals surface area contributed by atoms with E-state index in [2.05, 4.69) is 16.0 Å². The maximum absolute atomic E-state index is 13.0. The number of carboxylic acids is 1. The summed E-state index contributed by atoms with van der Waals surface area (Å²) in [6.07, 6.45) is -0.164. The summed E-state index contributed by atoms with van der Waals surface area (Å²) in [5.41, 5.74) is 0.0744. The van der Waals surface area contributed by atoms with Crippen molar-refractivity contribution in [2.45, 2.75) is 65.1 Å². The molecule has 0 unspecified atom stereocenters. The highest BCUT2D eigenvalue weighted by Gasteiger charge is 2.30. The lowest BCUT2D eigenvalue weighted by Crippen LogP contribution is -2.56. The van der Waals surface area contributed by atoms with E-state index in [9.17, 15) is 24.3 Å². The highest BCUT2D eigenvalue weighted by Crippen LogP contribution is 2.13. The van der Waals surface area contributed by atoms with Gasteiger partial charge in [-0.15, -0.1) is 0 Å². The predicted octanol–water partition coefficient (Wildman–Crippen LogP) is 1.56. The van der Waals surface area contributed by atoms with Crippen LogP contribution in [0.4, 0.5) is 4.79 Å². The van der Waals surface area contributed by atoms with E-state index in [1.165, 1.54) is 12.1 Å². The van der Waals surface area contributed by atoms with Crippen molar-refractivity contribution in [3.63, 3.8) is 0 Å². The number of carboxylic acid groups (broad SMARTS) is 1. The largest absolute Gasteiger partial charge is 0.508 e. The van der Waals surface area contributed by atoms with E-state index in [0.717, 1.165) is 5.56 Å². The van der Waals surface area contributed by atoms with Crippen LogP contribution in [0.2, 0.25) is 0 Å².